The van der Waals surface area contributed by atoms with Crippen molar-refractivity contribution in [3.63, 3.8) is 0 Å². The fourth-order valence-electron chi connectivity index (χ4n) is 3.12. The quantitative estimate of drug-likeness (QED) is 0.710. The van der Waals surface area contributed by atoms with Crippen molar-refractivity contribution < 1.29 is 32.6 Å². The van der Waals surface area contributed by atoms with Crippen LogP contribution in [0.1, 0.15) is 17.7 Å². The second-order valence-corrected chi connectivity index (χ2v) is 7.51. The summed E-state index contributed by atoms with van der Waals surface area (Å²) in [5.74, 6) is -2.07. The minimum absolute atomic E-state index is 0.0273. The molecule has 2 fully saturated rings. The molecule has 0 saturated carbocycles. The van der Waals surface area contributed by atoms with Crippen molar-refractivity contribution in [2.24, 2.45) is 11.8 Å². The lowest BCUT2D eigenvalue weighted by molar-refractivity contribution is -0.192. The molecule has 2 aliphatic rings. The molecule has 3 heterocycles. The third-order valence-corrected chi connectivity index (χ3v) is 5.44. The number of carbonyl (C=O) groups excluding carboxylic acids is 1. The number of carboxylic acid groups (broad SMARTS) is 1. The molecule has 1 aromatic heterocycles. The van der Waals surface area contributed by atoms with Gasteiger partial charge in [-0.2, -0.15) is 13.2 Å². The first kappa shape index (κ1) is 21.6. The fourth-order valence-corrected chi connectivity index (χ4v) is 3.83. The van der Waals surface area contributed by atoms with Crippen LogP contribution in [0.25, 0.3) is 0 Å². The van der Waals surface area contributed by atoms with E-state index in [1.807, 2.05) is 6.07 Å². The van der Waals surface area contributed by atoms with Crippen molar-refractivity contribution in [3.05, 3.63) is 22.4 Å². The van der Waals surface area contributed by atoms with Crippen LogP contribution in [0, 0.1) is 11.8 Å². The minimum atomic E-state index is -5.08. The van der Waals surface area contributed by atoms with Gasteiger partial charge in [-0.25, -0.2) is 4.79 Å². The molecule has 0 bridgehead atoms. The number of alkyl halides is 3. The van der Waals surface area contributed by atoms with Crippen LogP contribution in [0.15, 0.2) is 17.5 Å². The predicted octanol–water partition coefficient (Wildman–Crippen LogP) is 2.05. The van der Waals surface area contributed by atoms with Gasteiger partial charge in [0.25, 0.3) is 0 Å². The van der Waals surface area contributed by atoms with Gasteiger partial charge in [-0.15, -0.1) is 11.3 Å². The van der Waals surface area contributed by atoms with E-state index in [1.165, 1.54) is 4.88 Å². The maximum Gasteiger partial charge on any atom is 0.490 e. The molecular weight excluding hydrogens is 385 g/mol. The summed E-state index contributed by atoms with van der Waals surface area (Å²) < 4.78 is 37.6. The fraction of sp³-hybridized carbons (Fsp3) is 0.647. The molecule has 0 aliphatic carbocycles. The molecule has 152 valence electrons. The zero-order chi connectivity index (χ0) is 19.9. The summed E-state index contributed by atoms with van der Waals surface area (Å²) in [5.41, 5.74) is 0. The molecule has 1 amide bonds. The number of ether oxygens (including phenoxy) is 1. The molecule has 1 aromatic rings. The summed E-state index contributed by atoms with van der Waals surface area (Å²) in [6.45, 7) is 3.34. The summed E-state index contributed by atoms with van der Waals surface area (Å²) >= 11 is 1.74. The first-order valence-corrected chi connectivity index (χ1v) is 9.58. The second kappa shape index (κ2) is 10.0. The Kier molecular flexibility index (Phi) is 8.06. The molecule has 2 saturated heterocycles. The van der Waals surface area contributed by atoms with Crippen LogP contribution >= 0.6 is 11.3 Å². The van der Waals surface area contributed by atoms with E-state index in [0.717, 1.165) is 38.9 Å². The Morgan fingerprint density at radius 2 is 2.15 bits per heavy atom. The lowest BCUT2D eigenvalue weighted by Gasteiger charge is -2.39. The lowest BCUT2D eigenvalue weighted by atomic mass is 9.84. The average Bonchev–Trinajstić information content (AvgIpc) is 3.14. The Morgan fingerprint density at radius 3 is 2.78 bits per heavy atom. The zero-order valence-corrected chi connectivity index (χ0v) is 15.4. The van der Waals surface area contributed by atoms with Gasteiger partial charge >= 0.3 is 12.1 Å². The molecule has 3 N–H and O–H groups in total. The molecule has 3 rings (SSSR count). The highest BCUT2D eigenvalue weighted by atomic mass is 32.1. The number of fused-ring (bicyclic) bond motifs is 1. The van der Waals surface area contributed by atoms with Crippen molar-refractivity contribution >= 4 is 23.2 Å². The lowest BCUT2D eigenvalue weighted by Crippen LogP contribution is -2.49. The monoisotopic (exact) mass is 408 g/mol. The van der Waals surface area contributed by atoms with Crippen LogP contribution in [0.2, 0.25) is 0 Å². The van der Waals surface area contributed by atoms with E-state index >= 15 is 0 Å². The topological polar surface area (TPSA) is 87.7 Å². The highest BCUT2D eigenvalue weighted by molar-refractivity contribution is 7.09. The number of carbonyl (C=O) groups is 2. The molecule has 27 heavy (non-hydrogen) atoms. The Hall–Kier alpha value is -1.65. The van der Waals surface area contributed by atoms with Gasteiger partial charge in [0.15, 0.2) is 0 Å². The first-order chi connectivity index (χ1) is 12.8. The third-order valence-electron chi connectivity index (χ3n) is 4.50. The van der Waals surface area contributed by atoms with Crippen molar-refractivity contribution in [3.8, 4) is 0 Å². The standard InChI is InChI=1S/C15H22N2O2S.C2HF3O2/c18-15(17-6-3-13-2-1-7-20-13)12-8-11-9-16-5-4-14(11)19-10-12;3-2(4,5)1(6)7/h1-2,7,11-12,14,16H,3-6,8-10H2,(H,17,18);(H,6,7)/t11-,12-,14+;/m1./s1. The van der Waals surface area contributed by atoms with Gasteiger partial charge in [0, 0.05) is 18.0 Å². The van der Waals surface area contributed by atoms with E-state index in [-0.39, 0.29) is 11.8 Å². The van der Waals surface area contributed by atoms with Gasteiger partial charge in [-0.3, -0.25) is 4.79 Å². The highest BCUT2D eigenvalue weighted by Crippen LogP contribution is 2.28. The molecule has 10 heteroatoms. The summed E-state index contributed by atoms with van der Waals surface area (Å²) in [6.07, 6.45) is -1.75. The Labute approximate surface area is 159 Å². The number of nitrogens with one attached hydrogen (secondary N) is 2. The molecule has 3 atom stereocenters. The number of aliphatic carboxylic acids is 1. The number of halogens is 3. The van der Waals surface area contributed by atoms with Gasteiger partial charge in [-0.1, -0.05) is 6.07 Å². The SMILES string of the molecule is O=C(NCCc1cccs1)[C@H]1CO[C@H]2CCNC[C@H]2C1.O=C(O)C(F)(F)F. The maximum atomic E-state index is 12.2. The Morgan fingerprint density at radius 1 is 1.41 bits per heavy atom. The van der Waals surface area contributed by atoms with Crippen LogP contribution in [0.4, 0.5) is 13.2 Å². The van der Waals surface area contributed by atoms with Crippen LogP contribution in [-0.2, 0) is 20.7 Å². The first-order valence-electron chi connectivity index (χ1n) is 8.70. The van der Waals surface area contributed by atoms with Gasteiger partial charge in [0.2, 0.25) is 5.91 Å². The summed E-state index contributed by atoms with van der Waals surface area (Å²) in [5, 5.41) is 15.6. The minimum Gasteiger partial charge on any atom is -0.475 e. The van der Waals surface area contributed by atoms with E-state index in [9.17, 15) is 18.0 Å². The zero-order valence-electron chi connectivity index (χ0n) is 14.6. The molecular formula is C17H23F3N2O4S. The normalized spacial score (nSPS) is 24.9. The molecule has 0 spiro atoms. The van der Waals surface area contributed by atoms with Crippen LogP contribution in [0.3, 0.4) is 0 Å². The maximum absolute atomic E-state index is 12.2. The largest absolute Gasteiger partial charge is 0.490 e. The molecule has 0 unspecified atom stereocenters. The van der Waals surface area contributed by atoms with Crippen molar-refractivity contribution in [2.45, 2.75) is 31.5 Å². The van der Waals surface area contributed by atoms with Gasteiger partial charge < -0.3 is 20.5 Å². The number of amides is 1. The average molecular weight is 408 g/mol. The molecule has 6 nitrogen and oxygen atoms in total. The molecule has 2 aliphatic heterocycles. The number of thiophene rings is 1. The summed E-state index contributed by atoms with van der Waals surface area (Å²) in [6, 6.07) is 4.16. The van der Waals surface area contributed by atoms with Gasteiger partial charge in [-0.05, 0) is 43.2 Å². The van der Waals surface area contributed by atoms with Crippen LogP contribution < -0.4 is 10.6 Å². The molecule has 0 aromatic carbocycles. The Bertz CT molecular complexity index is 610. The van der Waals surface area contributed by atoms with Gasteiger partial charge in [0.05, 0.1) is 18.6 Å². The number of rotatable bonds is 4. The van der Waals surface area contributed by atoms with Crippen LogP contribution in [0.5, 0.6) is 0 Å². The van der Waals surface area contributed by atoms with Crippen molar-refractivity contribution in [1.82, 2.24) is 10.6 Å². The van der Waals surface area contributed by atoms with Crippen molar-refractivity contribution in [2.75, 3.05) is 26.2 Å². The molecule has 0 radical (unpaired) electrons. The second-order valence-electron chi connectivity index (χ2n) is 6.48. The van der Waals surface area contributed by atoms with E-state index in [0.29, 0.717) is 18.6 Å². The number of piperidine rings is 1. The predicted molar refractivity (Wildman–Crippen MR) is 93.5 cm³/mol. The van der Waals surface area contributed by atoms with Gasteiger partial charge in [0.1, 0.15) is 0 Å². The van der Waals surface area contributed by atoms with Crippen molar-refractivity contribution in [1.29, 1.82) is 0 Å². The number of hydrogen-bond acceptors (Lipinski definition) is 5. The van der Waals surface area contributed by atoms with E-state index in [1.54, 1.807) is 11.3 Å². The smallest absolute Gasteiger partial charge is 0.475 e. The number of hydrogen-bond donors (Lipinski definition) is 3. The van der Waals surface area contributed by atoms with Crippen LogP contribution in [-0.4, -0.2) is 55.5 Å². The van der Waals surface area contributed by atoms with E-state index in [2.05, 4.69) is 22.1 Å². The Balaban J connectivity index is 0.000000321. The highest BCUT2D eigenvalue weighted by Gasteiger charge is 2.38. The number of carboxylic acids is 1. The summed E-state index contributed by atoms with van der Waals surface area (Å²) in [7, 11) is 0. The summed E-state index contributed by atoms with van der Waals surface area (Å²) in [4.78, 5) is 22.4. The van der Waals surface area contributed by atoms with E-state index in [4.69, 9.17) is 14.6 Å². The van der Waals surface area contributed by atoms with E-state index < -0.39 is 12.1 Å². The third kappa shape index (κ3) is 7.11.